The van der Waals surface area contributed by atoms with E-state index in [9.17, 15) is 13.2 Å². The summed E-state index contributed by atoms with van der Waals surface area (Å²) < 4.78 is 37.1. The van der Waals surface area contributed by atoms with Gasteiger partial charge in [0.2, 0.25) is 0 Å². The van der Waals surface area contributed by atoms with Crippen molar-refractivity contribution in [1.82, 2.24) is 9.97 Å². The third-order valence-electron chi connectivity index (χ3n) is 1.68. The van der Waals surface area contributed by atoms with Crippen molar-refractivity contribution in [3.05, 3.63) is 17.6 Å². The Bertz CT molecular complexity index is 337. The van der Waals surface area contributed by atoms with Crippen LogP contribution in [-0.2, 0) is 12.6 Å². The SMILES string of the molecule is CCCc1nc(NN)cc(C(F)(F)F)n1. The molecule has 7 heteroatoms. The molecule has 0 radical (unpaired) electrons. The highest BCUT2D eigenvalue weighted by Crippen LogP contribution is 2.28. The number of alkyl halides is 3. The Morgan fingerprint density at radius 3 is 2.53 bits per heavy atom. The van der Waals surface area contributed by atoms with Crippen LogP contribution >= 0.6 is 0 Å². The predicted octanol–water partition coefficient (Wildman–Crippen LogP) is 1.73. The summed E-state index contributed by atoms with van der Waals surface area (Å²) in [6.07, 6.45) is -3.42. The van der Waals surface area contributed by atoms with Crippen LogP contribution in [0.5, 0.6) is 0 Å². The zero-order valence-electron chi connectivity index (χ0n) is 8.10. The van der Waals surface area contributed by atoms with E-state index in [4.69, 9.17) is 5.84 Å². The van der Waals surface area contributed by atoms with Crippen molar-refractivity contribution in [2.45, 2.75) is 25.9 Å². The van der Waals surface area contributed by atoms with E-state index in [1.807, 2.05) is 6.92 Å². The van der Waals surface area contributed by atoms with E-state index >= 15 is 0 Å². The minimum absolute atomic E-state index is 0.0271. The summed E-state index contributed by atoms with van der Waals surface area (Å²) in [4.78, 5) is 7.22. The Kier molecular flexibility index (Phi) is 3.46. The first kappa shape index (κ1) is 11.7. The van der Waals surface area contributed by atoms with Crippen molar-refractivity contribution < 1.29 is 13.2 Å². The second-order valence-electron chi connectivity index (χ2n) is 2.95. The zero-order valence-corrected chi connectivity index (χ0v) is 8.10. The molecule has 0 spiro atoms. The van der Waals surface area contributed by atoms with E-state index < -0.39 is 11.9 Å². The Morgan fingerprint density at radius 2 is 2.07 bits per heavy atom. The average molecular weight is 220 g/mol. The highest BCUT2D eigenvalue weighted by atomic mass is 19.4. The largest absolute Gasteiger partial charge is 0.433 e. The molecule has 1 aromatic heterocycles. The molecule has 1 aromatic rings. The monoisotopic (exact) mass is 220 g/mol. The van der Waals surface area contributed by atoms with Gasteiger partial charge in [0, 0.05) is 12.5 Å². The van der Waals surface area contributed by atoms with Gasteiger partial charge in [0.05, 0.1) is 0 Å². The Balaban J connectivity index is 3.11. The van der Waals surface area contributed by atoms with Gasteiger partial charge in [0.25, 0.3) is 0 Å². The van der Waals surface area contributed by atoms with E-state index in [2.05, 4.69) is 15.4 Å². The maximum Gasteiger partial charge on any atom is 0.433 e. The van der Waals surface area contributed by atoms with E-state index in [1.54, 1.807) is 0 Å². The number of rotatable bonds is 3. The summed E-state index contributed by atoms with van der Waals surface area (Å²) in [6, 6.07) is 0.777. The Labute approximate surface area is 84.7 Å². The molecule has 0 unspecified atom stereocenters. The first-order valence-electron chi connectivity index (χ1n) is 4.39. The normalized spacial score (nSPS) is 11.5. The van der Waals surface area contributed by atoms with E-state index in [1.165, 1.54) is 0 Å². The molecule has 1 heterocycles. The molecule has 0 atom stereocenters. The molecule has 0 amide bonds. The lowest BCUT2D eigenvalue weighted by molar-refractivity contribution is -0.141. The number of nitrogens with zero attached hydrogens (tertiary/aromatic N) is 2. The van der Waals surface area contributed by atoms with Gasteiger partial charge in [-0.3, -0.25) is 0 Å². The molecule has 0 aliphatic rings. The summed E-state index contributed by atoms with van der Waals surface area (Å²) in [5.74, 6) is 5.13. The van der Waals surface area contributed by atoms with Gasteiger partial charge in [-0.05, 0) is 6.42 Å². The highest BCUT2D eigenvalue weighted by molar-refractivity contribution is 5.35. The van der Waals surface area contributed by atoms with Crippen molar-refractivity contribution in [2.24, 2.45) is 5.84 Å². The lowest BCUT2D eigenvalue weighted by atomic mass is 10.3. The van der Waals surface area contributed by atoms with Crippen molar-refractivity contribution in [1.29, 1.82) is 0 Å². The topological polar surface area (TPSA) is 63.8 Å². The second kappa shape index (κ2) is 4.43. The maximum atomic E-state index is 12.4. The van der Waals surface area contributed by atoms with Crippen LogP contribution in [0.25, 0.3) is 0 Å². The fourth-order valence-electron chi connectivity index (χ4n) is 1.05. The predicted molar refractivity (Wildman–Crippen MR) is 48.8 cm³/mol. The van der Waals surface area contributed by atoms with Crippen LogP contribution in [0.1, 0.15) is 24.9 Å². The van der Waals surface area contributed by atoms with Crippen LogP contribution < -0.4 is 11.3 Å². The number of aryl methyl sites for hydroxylation is 1. The molecule has 15 heavy (non-hydrogen) atoms. The van der Waals surface area contributed by atoms with Crippen LogP contribution in [-0.4, -0.2) is 9.97 Å². The fourth-order valence-corrected chi connectivity index (χ4v) is 1.05. The molecule has 3 N–H and O–H groups in total. The van der Waals surface area contributed by atoms with Crippen molar-refractivity contribution in [3.8, 4) is 0 Å². The van der Waals surface area contributed by atoms with E-state index in [0.29, 0.717) is 12.8 Å². The van der Waals surface area contributed by atoms with Gasteiger partial charge in [0.15, 0.2) is 0 Å². The second-order valence-corrected chi connectivity index (χ2v) is 2.95. The zero-order chi connectivity index (χ0) is 11.5. The number of hydrogen-bond acceptors (Lipinski definition) is 4. The molecule has 4 nitrogen and oxygen atoms in total. The van der Waals surface area contributed by atoms with Gasteiger partial charge < -0.3 is 5.43 Å². The molecule has 0 aliphatic heterocycles. The number of nitrogen functional groups attached to an aromatic ring is 1. The van der Waals surface area contributed by atoms with Gasteiger partial charge in [0.1, 0.15) is 17.3 Å². The number of aromatic nitrogens is 2. The molecular weight excluding hydrogens is 209 g/mol. The number of hydrogen-bond donors (Lipinski definition) is 2. The average Bonchev–Trinajstić information content (AvgIpc) is 2.16. The van der Waals surface area contributed by atoms with E-state index in [-0.39, 0.29) is 11.6 Å². The van der Waals surface area contributed by atoms with Gasteiger partial charge >= 0.3 is 6.18 Å². The number of nitrogens with one attached hydrogen (secondary N) is 1. The van der Waals surface area contributed by atoms with Crippen LogP contribution in [0.4, 0.5) is 19.0 Å². The van der Waals surface area contributed by atoms with Crippen molar-refractivity contribution in [3.63, 3.8) is 0 Å². The summed E-state index contributed by atoms with van der Waals surface area (Å²) in [7, 11) is 0. The third kappa shape index (κ3) is 3.05. The van der Waals surface area contributed by atoms with E-state index in [0.717, 1.165) is 6.07 Å². The summed E-state index contributed by atoms with van der Waals surface area (Å²) in [5.41, 5.74) is 1.11. The minimum atomic E-state index is -4.48. The van der Waals surface area contributed by atoms with Crippen LogP contribution in [0.3, 0.4) is 0 Å². The lowest BCUT2D eigenvalue weighted by Gasteiger charge is -2.09. The standard InChI is InChI=1S/C8H11F3N4/c1-2-3-6-13-5(8(9,10)11)4-7(14-6)15-12/h4H,2-3,12H2,1H3,(H,13,14,15). The molecule has 0 saturated heterocycles. The summed E-state index contributed by atoms with van der Waals surface area (Å²) in [5, 5.41) is 0. The lowest BCUT2D eigenvalue weighted by Crippen LogP contribution is -2.15. The van der Waals surface area contributed by atoms with Crippen molar-refractivity contribution in [2.75, 3.05) is 5.43 Å². The number of hydrazine groups is 1. The third-order valence-corrected chi connectivity index (χ3v) is 1.68. The van der Waals surface area contributed by atoms with Gasteiger partial charge in [-0.25, -0.2) is 15.8 Å². The molecular formula is C8H11F3N4. The fraction of sp³-hybridized carbons (Fsp3) is 0.500. The molecule has 0 fully saturated rings. The van der Waals surface area contributed by atoms with Gasteiger partial charge in [-0.1, -0.05) is 6.92 Å². The Morgan fingerprint density at radius 1 is 1.40 bits per heavy atom. The molecule has 0 aromatic carbocycles. The quantitative estimate of drug-likeness (QED) is 0.601. The van der Waals surface area contributed by atoms with Gasteiger partial charge in [-0.2, -0.15) is 13.2 Å². The molecule has 0 bridgehead atoms. The summed E-state index contributed by atoms with van der Waals surface area (Å²) >= 11 is 0. The summed E-state index contributed by atoms with van der Waals surface area (Å²) in [6.45, 7) is 1.83. The molecule has 1 rings (SSSR count). The number of halogens is 3. The minimum Gasteiger partial charge on any atom is -0.308 e. The highest BCUT2D eigenvalue weighted by Gasteiger charge is 2.33. The van der Waals surface area contributed by atoms with Crippen LogP contribution in [0, 0.1) is 0 Å². The number of anilines is 1. The Hall–Kier alpha value is -1.37. The number of nitrogens with two attached hydrogens (primary N) is 1. The van der Waals surface area contributed by atoms with Crippen molar-refractivity contribution >= 4 is 5.82 Å². The first-order chi connectivity index (χ1) is 6.97. The van der Waals surface area contributed by atoms with Gasteiger partial charge in [-0.15, -0.1) is 0 Å². The maximum absolute atomic E-state index is 12.4. The first-order valence-corrected chi connectivity index (χ1v) is 4.39. The molecule has 0 aliphatic carbocycles. The smallest absolute Gasteiger partial charge is 0.308 e. The molecule has 84 valence electrons. The molecule has 0 saturated carbocycles. The van der Waals surface area contributed by atoms with Crippen LogP contribution in [0.15, 0.2) is 6.07 Å². The van der Waals surface area contributed by atoms with Crippen LogP contribution in [0.2, 0.25) is 0 Å².